The zero-order valence-electron chi connectivity index (χ0n) is 24.3. The summed E-state index contributed by atoms with van der Waals surface area (Å²) in [5, 5.41) is 101. The number of phenolic OH excluding ortho intramolecular Hbond substituents is 2. The van der Waals surface area contributed by atoms with Crippen LogP contribution in [0.25, 0.3) is 0 Å². The molecule has 1 aliphatic carbocycles. The first-order valence-electron chi connectivity index (χ1n) is 11.8. The fraction of sp³-hybridized carbons (Fsp3) is 0.250. The Morgan fingerprint density at radius 3 is 1.16 bits per heavy atom. The van der Waals surface area contributed by atoms with Gasteiger partial charge in [0.1, 0.15) is 17.6 Å². The highest BCUT2D eigenvalue weighted by Crippen LogP contribution is 2.33. The van der Waals surface area contributed by atoms with Crippen molar-refractivity contribution in [1.29, 1.82) is 0 Å². The van der Waals surface area contributed by atoms with E-state index in [9.17, 15) is 24.0 Å². The second kappa shape index (κ2) is 27.5. The molecule has 1 aliphatic rings. The minimum Gasteiger partial charge on any atom is -0.508 e. The number of aromatic hydroxyl groups is 2. The van der Waals surface area contributed by atoms with Crippen molar-refractivity contribution in [3.8, 4) is 11.5 Å². The van der Waals surface area contributed by atoms with Crippen LogP contribution in [0.2, 0.25) is 0 Å². The van der Waals surface area contributed by atoms with Gasteiger partial charge in [0.05, 0.1) is 0 Å². The third-order valence-corrected chi connectivity index (χ3v) is 4.12. The van der Waals surface area contributed by atoms with Gasteiger partial charge < -0.3 is 61.3 Å². The summed E-state index contributed by atoms with van der Waals surface area (Å²) in [6.45, 7) is 16.6. The van der Waals surface area contributed by atoms with Crippen LogP contribution in [0.5, 0.6) is 11.5 Å². The number of hydrogen-bond acceptors (Lipinski definition) is 12. The van der Waals surface area contributed by atoms with E-state index in [1.807, 2.05) is 0 Å². The molecule has 12 N–H and O–H groups in total. The van der Waals surface area contributed by atoms with Gasteiger partial charge in [-0.3, -0.25) is 0 Å². The van der Waals surface area contributed by atoms with Crippen molar-refractivity contribution in [2.75, 3.05) is 0 Å². The van der Waals surface area contributed by atoms with E-state index in [2.05, 4.69) is 32.9 Å². The van der Waals surface area contributed by atoms with Gasteiger partial charge >= 0.3 is 29.8 Å². The number of aliphatic carboxylic acids is 5. The lowest BCUT2D eigenvalue weighted by atomic mass is 9.86. The van der Waals surface area contributed by atoms with Gasteiger partial charge in [-0.05, 0) is 31.4 Å². The summed E-state index contributed by atoms with van der Waals surface area (Å²) < 4.78 is 0. The highest BCUT2D eigenvalue weighted by atomic mass is 16.6. The summed E-state index contributed by atoms with van der Waals surface area (Å²) in [5.74, 6) is -10.1. The van der Waals surface area contributed by atoms with Gasteiger partial charge in [-0.25, -0.2) is 24.0 Å². The summed E-state index contributed by atoms with van der Waals surface area (Å²) in [6, 6.07) is 4.51. The molecule has 0 heterocycles. The minimum absolute atomic E-state index is 0.0955. The van der Waals surface area contributed by atoms with E-state index in [1.54, 1.807) is 13.0 Å². The molecule has 0 radical (unpaired) electrons. The molecule has 1 aromatic rings. The fourth-order valence-electron chi connectivity index (χ4n) is 1.79. The summed E-state index contributed by atoms with van der Waals surface area (Å²) in [5.41, 5.74) is 0.771. The molecule has 1 unspecified atom stereocenters. The van der Waals surface area contributed by atoms with Crippen molar-refractivity contribution in [3.63, 3.8) is 0 Å². The third kappa shape index (κ3) is 33.0. The van der Waals surface area contributed by atoms with E-state index >= 15 is 0 Å². The number of hydrogen-bond donors (Lipinski definition) is 12. The highest BCUT2D eigenvalue weighted by Gasteiger charge is 2.54. The topological polar surface area (TPSA) is 328 Å². The molecule has 45 heavy (non-hydrogen) atoms. The van der Waals surface area contributed by atoms with E-state index < -0.39 is 47.5 Å². The van der Waals surface area contributed by atoms with Crippen LogP contribution in [-0.4, -0.2) is 109 Å². The molecule has 1 aromatic carbocycles. The predicted molar refractivity (Wildman–Crippen MR) is 158 cm³/mol. The van der Waals surface area contributed by atoms with Gasteiger partial charge in [-0.2, -0.15) is 0 Å². The second-order valence-corrected chi connectivity index (χ2v) is 7.63. The van der Waals surface area contributed by atoms with Crippen LogP contribution in [0.4, 0.5) is 0 Å². The normalized spacial score (nSPS) is 14.0. The van der Waals surface area contributed by atoms with Gasteiger partial charge in [0, 0.05) is 42.9 Å². The van der Waals surface area contributed by atoms with Gasteiger partial charge in [0.15, 0.2) is 0 Å². The maximum absolute atomic E-state index is 9.25. The molecule has 1 saturated carbocycles. The minimum atomic E-state index is -2.80. The zero-order valence-corrected chi connectivity index (χ0v) is 24.3. The lowest BCUT2D eigenvalue weighted by Crippen LogP contribution is -2.63. The molecule has 254 valence electrons. The van der Waals surface area contributed by atoms with E-state index in [1.165, 1.54) is 12.1 Å². The van der Waals surface area contributed by atoms with Gasteiger partial charge in [0.25, 0.3) is 0 Å². The number of aliphatic hydroxyl groups is 5. The predicted octanol–water partition coefficient (Wildman–Crippen LogP) is 0.584. The monoisotopic (exact) mass is 648 g/mol. The zero-order chi connectivity index (χ0) is 37.0. The standard InChI is InChI=1S/C7H8O2.C6H12O5.5C3H4O2/c1-5-2-3-6(8)4-7(5)9;7-4-2-1-3-5(8,9)6(4,10)11;5*1-2-3(4)5/h2-4,8-9H,1H3;4,7-11H,1-3H2;5*2H,1H2,(H,4,5). The summed E-state index contributed by atoms with van der Waals surface area (Å²) in [7, 11) is 0. The summed E-state index contributed by atoms with van der Waals surface area (Å²) in [4.78, 5) is 46.2. The highest BCUT2D eigenvalue weighted by molar-refractivity contribution is 5.80. The number of aliphatic hydroxyl groups excluding tert-OH is 1. The summed E-state index contributed by atoms with van der Waals surface area (Å²) >= 11 is 0. The Balaban J connectivity index is -0.000000143. The Kier molecular flexibility index (Phi) is 30.2. The maximum Gasteiger partial charge on any atom is 0.327 e. The van der Waals surface area contributed by atoms with Gasteiger partial charge in [0.2, 0.25) is 11.6 Å². The van der Waals surface area contributed by atoms with Crippen LogP contribution in [0.3, 0.4) is 0 Å². The first-order valence-corrected chi connectivity index (χ1v) is 11.8. The molecule has 1 atom stereocenters. The molecule has 1 fully saturated rings. The van der Waals surface area contributed by atoms with Crippen molar-refractivity contribution >= 4 is 29.8 Å². The van der Waals surface area contributed by atoms with Gasteiger partial charge in [-0.15, -0.1) is 0 Å². The molecule has 0 aromatic heterocycles. The fourth-order valence-corrected chi connectivity index (χ4v) is 1.79. The molecular weight excluding hydrogens is 608 g/mol. The number of benzene rings is 1. The number of phenols is 2. The molecular formula is C28H40O17. The smallest absolute Gasteiger partial charge is 0.327 e. The maximum atomic E-state index is 9.25. The Hall–Kier alpha value is -5.33. The van der Waals surface area contributed by atoms with Crippen LogP contribution in [0.15, 0.2) is 81.5 Å². The van der Waals surface area contributed by atoms with Crippen LogP contribution in [-0.2, 0) is 24.0 Å². The number of aryl methyl sites for hydroxylation is 1. The van der Waals surface area contributed by atoms with Crippen molar-refractivity contribution in [1.82, 2.24) is 0 Å². The van der Waals surface area contributed by atoms with E-state index in [-0.39, 0.29) is 24.3 Å². The molecule has 0 amide bonds. The Labute approximate surface area is 257 Å². The Bertz CT molecular complexity index is 1020. The summed E-state index contributed by atoms with van der Waals surface area (Å²) in [6.07, 6.45) is 3.05. The number of rotatable bonds is 5. The molecule has 17 heteroatoms. The third-order valence-electron chi connectivity index (χ3n) is 4.12. The number of carboxylic acid groups (broad SMARTS) is 5. The van der Waals surface area contributed by atoms with Crippen molar-refractivity contribution in [2.24, 2.45) is 0 Å². The van der Waals surface area contributed by atoms with Crippen molar-refractivity contribution in [3.05, 3.63) is 87.0 Å². The first-order chi connectivity index (χ1) is 20.4. The number of carbonyl (C=O) groups is 5. The van der Waals surface area contributed by atoms with E-state index in [4.69, 9.17) is 61.3 Å². The lowest BCUT2D eigenvalue weighted by Gasteiger charge is -2.41. The van der Waals surface area contributed by atoms with Crippen LogP contribution >= 0.6 is 0 Å². The van der Waals surface area contributed by atoms with Crippen molar-refractivity contribution in [2.45, 2.75) is 43.9 Å². The quantitative estimate of drug-likeness (QED) is 0.153. The lowest BCUT2D eigenvalue weighted by molar-refractivity contribution is -0.397. The van der Waals surface area contributed by atoms with Gasteiger partial charge in [-0.1, -0.05) is 39.0 Å². The molecule has 0 aliphatic heterocycles. The van der Waals surface area contributed by atoms with E-state index in [0.717, 1.165) is 35.9 Å². The van der Waals surface area contributed by atoms with Crippen LogP contribution in [0.1, 0.15) is 24.8 Å². The van der Waals surface area contributed by atoms with E-state index in [0.29, 0.717) is 6.42 Å². The average molecular weight is 649 g/mol. The molecule has 0 saturated heterocycles. The second-order valence-electron chi connectivity index (χ2n) is 7.63. The number of carboxylic acids is 5. The SMILES string of the molecule is C=CC(=O)O.C=CC(=O)O.C=CC(=O)O.C=CC(=O)O.C=CC(=O)O.Cc1ccc(O)cc1O.OC1CCCC(O)(O)C1(O)O. The molecule has 17 nitrogen and oxygen atoms in total. The molecule has 0 bridgehead atoms. The van der Waals surface area contributed by atoms with Crippen LogP contribution < -0.4 is 0 Å². The Morgan fingerprint density at radius 2 is 0.978 bits per heavy atom. The Morgan fingerprint density at radius 1 is 0.689 bits per heavy atom. The first kappa shape index (κ1) is 49.4. The average Bonchev–Trinajstić information content (AvgIpc) is 2.95. The molecule has 0 spiro atoms. The van der Waals surface area contributed by atoms with Crippen molar-refractivity contribution < 1.29 is 85.3 Å². The largest absolute Gasteiger partial charge is 0.508 e. The van der Waals surface area contributed by atoms with Crippen LogP contribution in [0, 0.1) is 6.92 Å². The molecule has 2 rings (SSSR count).